The first-order valence-electron chi connectivity index (χ1n) is 4.84. The van der Waals surface area contributed by atoms with Gasteiger partial charge in [0, 0.05) is 13.0 Å². The first-order chi connectivity index (χ1) is 6.60. The molecule has 5 nitrogen and oxygen atoms in total. The highest BCUT2D eigenvalue weighted by Crippen LogP contribution is 2.44. The van der Waals surface area contributed by atoms with Gasteiger partial charge in [0.15, 0.2) is 0 Å². The number of nitrogens with two attached hydrogens (primary N) is 1. The molecule has 1 atom stereocenters. The van der Waals surface area contributed by atoms with Crippen molar-refractivity contribution in [1.29, 1.82) is 0 Å². The second kappa shape index (κ2) is 2.95. The number of aliphatic carboxylic acids is 1. The van der Waals surface area contributed by atoms with Gasteiger partial charge in [-0.3, -0.25) is 4.79 Å². The van der Waals surface area contributed by atoms with Gasteiger partial charge >= 0.3 is 5.97 Å². The Labute approximate surface area is 81.9 Å². The lowest BCUT2D eigenvalue weighted by Gasteiger charge is -2.24. The zero-order valence-electron chi connectivity index (χ0n) is 7.90. The summed E-state index contributed by atoms with van der Waals surface area (Å²) in [4.78, 5) is 24.0. The zero-order valence-corrected chi connectivity index (χ0v) is 7.90. The molecule has 1 saturated heterocycles. The molecular formula is C9H14N2O3. The van der Waals surface area contributed by atoms with Crippen molar-refractivity contribution in [1.82, 2.24) is 4.90 Å². The van der Waals surface area contributed by atoms with E-state index < -0.39 is 11.5 Å². The van der Waals surface area contributed by atoms with Crippen molar-refractivity contribution < 1.29 is 14.7 Å². The summed E-state index contributed by atoms with van der Waals surface area (Å²) in [7, 11) is 0. The molecule has 1 unspecified atom stereocenters. The van der Waals surface area contributed by atoms with Gasteiger partial charge in [0.05, 0.1) is 0 Å². The third-order valence-corrected chi connectivity index (χ3v) is 3.18. The summed E-state index contributed by atoms with van der Waals surface area (Å²) in [5.41, 5.74) is 4.60. The van der Waals surface area contributed by atoms with Gasteiger partial charge in [0.25, 0.3) is 0 Å². The molecule has 1 amide bonds. The summed E-state index contributed by atoms with van der Waals surface area (Å²) in [5.74, 6) is -0.789. The van der Waals surface area contributed by atoms with Crippen LogP contribution in [0.5, 0.6) is 0 Å². The number of likely N-dealkylation sites (tertiary alicyclic amines) is 1. The van der Waals surface area contributed by atoms with Crippen LogP contribution in [-0.4, -0.2) is 40.5 Å². The largest absolute Gasteiger partial charge is 0.479 e. The molecule has 3 N–H and O–H groups in total. The molecule has 1 aliphatic carbocycles. The molecule has 0 aromatic rings. The van der Waals surface area contributed by atoms with Gasteiger partial charge in [-0.1, -0.05) is 0 Å². The molecule has 5 heteroatoms. The van der Waals surface area contributed by atoms with E-state index in [1.54, 1.807) is 0 Å². The average molecular weight is 198 g/mol. The summed E-state index contributed by atoms with van der Waals surface area (Å²) in [6, 6.07) is 0. The zero-order chi connectivity index (χ0) is 10.3. The van der Waals surface area contributed by atoms with Crippen LogP contribution in [-0.2, 0) is 9.59 Å². The Bertz CT molecular complexity index is 286. The Morgan fingerprint density at radius 2 is 2.29 bits per heavy atom. The molecule has 0 radical (unpaired) electrons. The van der Waals surface area contributed by atoms with E-state index in [1.807, 2.05) is 0 Å². The maximum atomic E-state index is 11.5. The molecule has 0 bridgehead atoms. The maximum Gasteiger partial charge on any atom is 0.329 e. The molecule has 1 saturated carbocycles. The van der Waals surface area contributed by atoms with E-state index in [1.165, 1.54) is 4.90 Å². The van der Waals surface area contributed by atoms with E-state index in [2.05, 4.69) is 0 Å². The fraction of sp³-hybridized carbons (Fsp3) is 0.778. The lowest BCUT2D eigenvalue weighted by molar-refractivity contribution is -0.150. The van der Waals surface area contributed by atoms with Gasteiger partial charge in [0.2, 0.25) is 5.91 Å². The number of carbonyl (C=O) groups excluding carboxylic acids is 1. The Kier molecular flexibility index (Phi) is 1.99. The number of amides is 1. The predicted molar refractivity (Wildman–Crippen MR) is 48.5 cm³/mol. The van der Waals surface area contributed by atoms with Gasteiger partial charge in [-0.15, -0.1) is 0 Å². The number of hydrogen-bond acceptors (Lipinski definition) is 3. The molecule has 1 aliphatic heterocycles. The second-order valence-electron chi connectivity index (χ2n) is 4.15. The van der Waals surface area contributed by atoms with E-state index in [9.17, 15) is 9.59 Å². The Balaban J connectivity index is 2.13. The number of rotatable bonds is 3. The Morgan fingerprint density at radius 1 is 1.64 bits per heavy atom. The van der Waals surface area contributed by atoms with E-state index in [0.29, 0.717) is 32.4 Å². The normalized spacial score (nSPS) is 29.4. The van der Waals surface area contributed by atoms with Crippen molar-refractivity contribution in [2.75, 3.05) is 13.1 Å². The molecule has 0 aromatic carbocycles. The van der Waals surface area contributed by atoms with Crippen LogP contribution in [0, 0.1) is 5.92 Å². The van der Waals surface area contributed by atoms with Crippen LogP contribution in [0.4, 0.5) is 0 Å². The topological polar surface area (TPSA) is 83.6 Å². The monoisotopic (exact) mass is 198 g/mol. The van der Waals surface area contributed by atoms with Gasteiger partial charge < -0.3 is 15.7 Å². The summed E-state index contributed by atoms with van der Waals surface area (Å²) < 4.78 is 0. The summed E-state index contributed by atoms with van der Waals surface area (Å²) >= 11 is 0. The minimum absolute atomic E-state index is 0.0552. The van der Waals surface area contributed by atoms with Crippen molar-refractivity contribution in [3.63, 3.8) is 0 Å². The number of carboxylic acids is 1. The summed E-state index contributed by atoms with van der Waals surface area (Å²) in [5, 5.41) is 9.02. The fourth-order valence-corrected chi connectivity index (χ4v) is 2.07. The van der Waals surface area contributed by atoms with E-state index >= 15 is 0 Å². The van der Waals surface area contributed by atoms with Crippen LogP contribution in [0.2, 0.25) is 0 Å². The van der Waals surface area contributed by atoms with Crippen LogP contribution in [0.15, 0.2) is 0 Å². The van der Waals surface area contributed by atoms with Crippen molar-refractivity contribution in [2.24, 2.45) is 11.7 Å². The Morgan fingerprint density at radius 3 is 2.64 bits per heavy atom. The molecule has 0 aromatic heterocycles. The molecule has 2 rings (SSSR count). The fourth-order valence-electron chi connectivity index (χ4n) is 2.07. The van der Waals surface area contributed by atoms with Crippen molar-refractivity contribution in [3.8, 4) is 0 Å². The number of carboxylic acid groups (broad SMARTS) is 1. The first-order valence-corrected chi connectivity index (χ1v) is 4.84. The van der Waals surface area contributed by atoms with Gasteiger partial charge in [0.1, 0.15) is 5.54 Å². The molecular weight excluding hydrogens is 184 g/mol. The molecule has 2 fully saturated rings. The minimum Gasteiger partial charge on any atom is -0.479 e. The van der Waals surface area contributed by atoms with E-state index in [-0.39, 0.29) is 11.8 Å². The highest BCUT2D eigenvalue weighted by molar-refractivity contribution is 5.90. The highest BCUT2D eigenvalue weighted by Gasteiger charge is 2.58. The smallest absolute Gasteiger partial charge is 0.329 e. The molecule has 2 aliphatic rings. The molecule has 78 valence electrons. The SMILES string of the molecule is NCC1CC(=O)N(C2(C(=O)O)CC2)C1. The first kappa shape index (κ1) is 9.45. The van der Waals surface area contributed by atoms with Crippen LogP contribution >= 0.6 is 0 Å². The summed E-state index contributed by atoms with van der Waals surface area (Å²) in [6.07, 6.45) is 1.59. The van der Waals surface area contributed by atoms with Crippen LogP contribution in [0.25, 0.3) is 0 Å². The molecule has 1 heterocycles. The Hall–Kier alpha value is -1.10. The van der Waals surface area contributed by atoms with E-state index in [0.717, 1.165) is 0 Å². The predicted octanol–water partition coefficient (Wildman–Crippen LogP) is -0.589. The number of nitrogens with zero attached hydrogens (tertiary/aromatic N) is 1. The average Bonchev–Trinajstić information content (AvgIpc) is 2.86. The number of hydrogen-bond donors (Lipinski definition) is 2. The lowest BCUT2D eigenvalue weighted by Crippen LogP contribution is -2.44. The third kappa shape index (κ3) is 1.19. The minimum atomic E-state index is -0.874. The summed E-state index contributed by atoms with van der Waals surface area (Å²) in [6.45, 7) is 0.972. The number of carbonyl (C=O) groups is 2. The quantitative estimate of drug-likeness (QED) is 0.635. The van der Waals surface area contributed by atoms with Gasteiger partial charge in [-0.25, -0.2) is 4.79 Å². The maximum absolute atomic E-state index is 11.5. The van der Waals surface area contributed by atoms with Crippen molar-refractivity contribution >= 4 is 11.9 Å². The highest BCUT2D eigenvalue weighted by atomic mass is 16.4. The van der Waals surface area contributed by atoms with Crippen LogP contribution in [0.1, 0.15) is 19.3 Å². The van der Waals surface area contributed by atoms with Crippen molar-refractivity contribution in [2.45, 2.75) is 24.8 Å². The third-order valence-electron chi connectivity index (χ3n) is 3.18. The standard InChI is InChI=1S/C9H14N2O3/c10-4-6-3-7(12)11(5-6)9(1-2-9)8(13)14/h6H,1-5,10H2,(H,13,14). The second-order valence-corrected chi connectivity index (χ2v) is 4.15. The van der Waals surface area contributed by atoms with Gasteiger partial charge in [-0.2, -0.15) is 0 Å². The molecule has 14 heavy (non-hydrogen) atoms. The van der Waals surface area contributed by atoms with E-state index in [4.69, 9.17) is 10.8 Å². The van der Waals surface area contributed by atoms with Crippen molar-refractivity contribution in [3.05, 3.63) is 0 Å². The lowest BCUT2D eigenvalue weighted by atomic mass is 10.1. The van der Waals surface area contributed by atoms with Gasteiger partial charge in [-0.05, 0) is 25.3 Å². The molecule has 0 spiro atoms. The van der Waals surface area contributed by atoms with Crippen LogP contribution in [0.3, 0.4) is 0 Å². The van der Waals surface area contributed by atoms with Crippen LogP contribution < -0.4 is 5.73 Å².